The van der Waals surface area contributed by atoms with Gasteiger partial charge in [-0.05, 0) is 6.42 Å². The van der Waals surface area contributed by atoms with Crippen LogP contribution in [0.15, 0.2) is 0 Å². The maximum Gasteiger partial charge on any atom is 1.00 e. The van der Waals surface area contributed by atoms with Gasteiger partial charge in [-0.3, -0.25) is 4.79 Å². The third kappa shape index (κ3) is 19.4. The van der Waals surface area contributed by atoms with Crippen LogP contribution in [0.25, 0.3) is 0 Å². The van der Waals surface area contributed by atoms with Crippen molar-refractivity contribution in [3.05, 3.63) is 0 Å². The normalized spacial score (nSPS) is 23.9. The smallest absolute Gasteiger partial charge is 0.748 e. The molecule has 6 unspecified atom stereocenters. The van der Waals surface area contributed by atoms with Crippen LogP contribution in [-0.4, -0.2) is 95.1 Å². The molecule has 1 aliphatic heterocycles. The number of esters is 1. The zero-order chi connectivity index (χ0) is 29.1. The summed E-state index contributed by atoms with van der Waals surface area (Å²) in [4.78, 5) is 11.9. The molecule has 1 saturated heterocycles. The standard InChI is InChI=1S/C27H52O11S.Na/c1-2-3-4-5-6-7-8-9-10-11-12-13-14-15-16-17-23(29)36-18-21(28)19-37-27-26(32)25(31)24(30)22(38-27)20-39(33,34)35;/h21-22,24-28,30-32H,2-20H2,1H3,(H,33,34,35);/q;+1/p-1. The summed E-state index contributed by atoms with van der Waals surface area (Å²) in [5, 5.41) is 39.6. The van der Waals surface area contributed by atoms with Crippen molar-refractivity contribution in [2.75, 3.05) is 19.0 Å². The van der Waals surface area contributed by atoms with Crippen molar-refractivity contribution in [1.29, 1.82) is 0 Å². The first-order chi connectivity index (χ1) is 18.5. The summed E-state index contributed by atoms with van der Waals surface area (Å²) < 4.78 is 48.2. The molecule has 0 radical (unpaired) electrons. The van der Waals surface area contributed by atoms with Crippen molar-refractivity contribution < 1.29 is 82.0 Å². The predicted molar refractivity (Wildman–Crippen MR) is 144 cm³/mol. The van der Waals surface area contributed by atoms with E-state index in [-0.39, 0.29) is 42.6 Å². The Morgan fingerprint density at radius 2 is 1.27 bits per heavy atom. The van der Waals surface area contributed by atoms with Crippen LogP contribution in [0.3, 0.4) is 0 Å². The van der Waals surface area contributed by atoms with Crippen molar-refractivity contribution in [3.8, 4) is 0 Å². The second-order valence-electron chi connectivity index (χ2n) is 10.6. The maximum atomic E-state index is 11.9. The van der Waals surface area contributed by atoms with Gasteiger partial charge in [0, 0.05) is 6.42 Å². The molecule has 1 aliphatic rings. The topological polar surface area (TPSA) is 183 Å². The molecule has 1 heterocycles. The van der Waals surface area contributed by atoms with Gasteiger partial charge in [0.15, 0.2) is 6.29 Å². The summed E-state index contributed by atoms with van der Waals surface area (Å²) in [7, 11) is -4.78. The van der Waals surface area contributed by atoms with Crippen LogP contribution in [0.1, 0.15) is 110 Å². The minimum atomic E-state index is -4.78. The van der Waals surface area contributed by atoms with Gasteiger partial charge < -0.3 is 39.2 Å². The van der Waals surface area contributed by atoms with Crippen LogP contribution >= 0.6 is 0 Å². The van der Waals surface area contributed by atoms with E-state index in [0.29, 0.717) is 6.42 Å². The molecule has 1 fully saturated rings. The van der Waals surface area contributed by atoms with E-state index in [1.54, 1.807) is 0 Å². The largest absolute Gasteiger partial charge is 1.00 e. The molecule has 0 aromatic carbocycles. The van der Waals surface area contributed by atoms with Gasteiger partial charge in [-0.1, -0.05) is 96.8 Å². The quantitative estimate of drug-likeness (QED) is 0.0510. The summed E-state index contributed by atoms with van der Waals surface area (Å²) in [5.74, 6) is -1.57. The minimum Gasteiger partial charge on any atom is -0.748 e. The molecule has 0 aromatic rings. The first-order valence-corrected chi connectivity index (χ1v) is 16.2. The molecule has 0 aromatic heterocycles. The van der Waals surface area contributed by atoms with E-state index in [1.165, 1.54) is 70.6 Å². The molecular formula is C27H51NaO11S. The zero-order valence-electron chi connectivity index (χ0n) is 24.5. The summed E-state index contributed by atoms with van der Waals surface area (Å²) in [5.41, 5.74) is 0. The molecule has 0 aliphatic carbocycles. The van der Waals surface area contributed by atoms with E-state index in [9.17, 15) is 38.2 Å². The Morgan fingerprint density at radius 1 is 0.800 bits per heavy atom. The number of hydrogen-bond acceptors (Lipinski definition) is 11. The van der Waals surface area contributed by atoms with Gasteiger partial charge in [-0.25, -0.2) is 8.42 Å². The fourth-order valence-corrected chi connectivity index (χ4v) is 5.23. The first kappa shape index (κ1) is 40.1. The van der Waals surface area contributed by atoms with Crippen LogP contribution in [0.5, 0.6) is 0 Å². The van der Waals surface area contributed by atoms with E-state index in [4.69, 9.17) is 14.2 Å². The monoisotopic (exact) mass is 606 g/mol. The molecule has 232 valence electrons. The summed E-state index contributed by atoms with van der Waals surface area (Å²) >= 11 is 0. The Balaban J connectivity index is 0.0000152. The van der Waals surface area contributed by atoms with Gasteiger partial charge in [0.05, 0.1) is 22.5 Å². The predicted octanol–water partition coefficient (Wildman–Crippen LogP) is -0.475. The average Bonchev–Trinajstić information content (AvgIpc) is 2.88. The van der Waals surface area contributed by atoms with Crippen LogP contribution in [-0.2, 0) is 29.1 Å². The second-order valence-corrected chi connectivity index (χ2v) is 12.1. The minimum absolute atomic E-state index is 0. The Kier molecular flexibility index (Phi) is 23.7. The average molecular weight is 607 g/mol. The number of hydrogen-bond donors (Lipinski definition) is 4. The number of carbonyl (C=O) groups excluding carboxylic acids is 1. The van der Waals surface area contributed by atoms with Crippen molar-refractivity contribution in [3.63, 3.8) is 0 Å². The van der Waals surface area contributed by atoms with E-state index in [2.05, 4.69) is 6.92 Å². The third-order valence-electron chi connectivity index (χ3n) is 6.91. The first-order valence-electron chi connectivity index (χ1n) is 14.6. The molecule has 1 rings (SSSR count). The third-order valence-corrected chi connectivity index (χ3v) is 7.65. The fourth-order valence-electron chi connectivity index (χ4n) is 4.55. The summed E-state index contributed by atoms with van der Waals surface area (Å²) in [6, 6.07) is 0. The van der Waals surface area contributed by atoms with Gasteiger partial charge in [-0.2, -0.15) is 0 Å². The molecule has 4 N–H and O–H groups in total. The molecule has 0 amide bonds. The summed E-state index contributed by atoms with van der Waals surface area (Å²) in [6.07, 6.45) is 8.82. The molecule has 13 heteroatoms. The van der Waals surface area contributed by atoms with Gasteiger partial charge in [0.25, 0.3) is 0 Å². The Labute approximate surface area is 262 Å². The Hall–Kier alpha value is 0.140. The second kappa shape index (κ2) is 23.6. The van der Waals surface area contributed by atoms with Gasteiger partial charge in [-0.15, -0.1) is 0 Å². The van der Waals surface area contributed by atoms with Crippen molar-refractivity contribution in [2.45, 2.75) is 146 Å². The number of aliphatic hydroxyl groups is 4. The molecule has 6 atom stereocenters. The van der Waals surface area contributed by atoms with Crippen LogP contribution < -0.4 is 29.6 Å². The Bertz CT molecular complexity index is 740. The molecule has 0 spiro atoms. The maximum absolute atomic E-state index is 11.9. The fraction of sp³-hybridized carbons (Fsp3) is 0.963. The zero-order valence-corrected chi connectivity index (χ0v) is 27.3. The van der Waals surface area contributed by atoms with E-state index < -0.39 is 65.3 Å². The molecule has 11 nitrogen and oxygen atoms in total. The van der Waals surface area contributed by atoms with Crippen LogP contribution in [0, 0.1) is 0 Å². The number of aliphatic hydroxyl groups excluding tert-OH is 4. The SMILES string of the molecule is CCCCCCCCCCCCCCCCCC(=O)OCC(O)COC1OC(CS(=O)(=O)[O-])C(O)C(O)C1O.[Na+]. The van der Waals surface area contributed by atoms with Crippen molar-refractivity contribution in [1.82, 2.24) is 0 Å². The van der Waals surface area contributed by atoms with Crippen LogP contribution in [0.2, 0.25) is 0 Å². The molecule has 40 heavy (non-hydrogen) atoms. The number of carbonyl (C=O) groups is 1. The van der Waals surface area contributed by atoms with E-state index >= 15 is 0 Å². The Morgan fingerprint density at radius 3 is 1.75 bits per heavy atom. The molecule has 0 saturated carbocycles. The van der Waals surface area contributed by atoms with Gasteiger partial charge >= 0.3 is 35.5 Å². The van der Waals surface area contributed by atoms with Crippen molar-refractivity contribution >= 4 is 16.1 Å². The number of rotatable bonds is 23. The summed E-state index contributed by atoms with van der Waals surface area (Å²) in [6.45, 7) is 1.42. The van der Waals surface area contributed by atoms with Gasteiger partial charge in [0.1, 0.15) is 37.1 Å². The number of unbranched alkanes of at least 4 members (excludes halogenated alkanes) is 14. The van der Waals surface area contributed by atoms with E-state index in [1.807, 2.05) is 0 Å². The van der Waals surface area contributed by atoms with Crippen LogP contribution in [0.4, 0.5) is 0 Å². The van der Waals surface area contributed by atoms with Gasteiger partial charge in [0.2, 0.25) is 0 Å². The van der Waals surface area contributed by atoms with Crippen molar-refractivity contribution in [2.24, 2.45) is 0 Å². The molecular weight excluding hydrogens is 555 g/mol. The van der Waals surface area contributed by atoms with E-state index in [0.717, 1.165) is 19.3 Å². The molecule has 0 bridgehead atoms. The number of ether oxygens (including phenoxy) is 3.